The van der Waals surface area contributed by atoms with Crippen LogP contribution < -0.4 is 4.74 Å². The van der Waals surface area contributed by atoms with E-state index in [-0.39, 0.29) is 6.10 Å². The number of amides is 1. The van der Waals surface area contributed by atoms with Crippen LogP contribution in [0, 0.1) is 0 Å². The lowest BCUT2D eigenvalue weighted by Gasteiger charge is -2.36. The van der Waals surface area contributed by atoms with Crippen molar-refractivity contribution >= 4 is 29.8 Å². The molecule has 15 nitrogen and oxygen atoms in total. The molecule has 0 saturated carbocycles. The van der Waals surface area contributed by atoms with Gasteiger partial charge in [-0.05, 0) is 30.5 Å². The van der Waals surface area contributed by atoms with Crippen LogP contribution in [0.4, 0.5) is 0 Å². The molecule has 6 rings (SSSR count). The number of nitrogens with zero attached hydrogens (tertiary/aromatic N) is 3. The Morgan fingerprint density at radius 1 is 0.673 bits per heavy atom. The van der Waals surface area contributed by atoms with Crippen molar-refractivity contribution < 1.29 is 58.6 Å². The fraction of sp³-hybridized carbons (Fsp3) is 0.432. The summed E-state index contributed by atoms with van der Waals surface area (Å²) in [7, 11) is 0. The normalized spacial score (nSPS) is 21.7. The van der Waals surface area contributed by atoms with Gasteiger partial charge in [-0.3, -0.25) is 14.6 Å². The summed E-state index contributed by atoms with van der Waals surface area (Å²) in [5.74, 6) is -4.85. The van der Waals surface area contributed by atoms with Crippen LogP contribution in [-0.4, -0.2) is 130 Å². The standard InChI is InChI=1S/C29H37N3O4.2C4H4O4/c33-28(32-13-7-1-2-8-14-32)20-31-17-15-30(16-18-31)19-24-22-35-29(36-24)25-10-4-3-9-23(25)21-34-27-12-6-5-11-26(27)29;2*5-3(6)1-2-4(7)8/h3-6,9-12,24H,1-2,7-8,13-22H2;2*1-2H,(H,5,6)(H,7,8)/b;2*2-1+. The molecule has 4 aliphatic heterocycles. The van der Waals surface area contributed by atoms with E-state index in [4.69, 9.17) is 34.6 Å². The number of hydrogen-bond acceptors (Lipinski definition) is 10. The third kappa shape index (κ3) is 11.7. The molecule has 4 aliphatic rings. The molecule has 2 unspecified atom stereocenters. The quantitative estimate of drug-likeness (QED) is 0.289. The number of fused-ring (bicyclic) bond motifs is 4. The van der Waals surface area contributed by atoms with E-state index in [1.165, 1.54) is 12.8 Å². The van der Waals surface area contributed by atoms with Crippen LogP contribution in [0.1, 0.15) is 42.4 Å². The summed E-state index contributed by atoms with van der Waals surface area (Å²) >= 11 is 0. The number of carbonyl (C=O) groups is 5. The Labute approximate surface area is 301 Å². The lowest BCUT2D eigenvalue weighted by atomic mass is 9.93. The van der Waals surface area contributed by atoms with Gasteiger partial charge in [0.1, 0.15) is 12.4 Å². The van der Waals surface area contributed by atoms with E-state index < -0.39 is 29.7 Å². The van der Waals surface area contributed by atoms with Gasteiger partial charge in [0.15, 0.2) is 0 Å². The van der Waals surface area contributed by atoms with Gasteiger partial charge in [-0.1, -0.05) is 49.2 Å². The molecule has 0 radical (unpaired) electrons. The SMILES string of the molecule is O=C(CN1CCN(CC2COC3(O2)c2ccccc2COc2ccccc23)CC1)N1CCCCCC1.O=C(O)/C=C/C(=O)O.O=C(O)/C=C/C(=O)O. The molecule has 280 valence electrons. The first-order valence-corrected chi connectivity index (χ1v) is 17.1. The highest BCUT2D eigenvalue weighted by atomic mass is 16.7. The second-order valence-corrected chi connectivity index (χ2v) is 12.5. The van der Waals surface area contributed by atoms with Crippen LogP contribution >= 0.6 is 0 Å². The van der Waals surface area contributed by atoms with E-state index in [0.717, 1.165) is 81.1 Å². The third-order valence-electron chi connectivity index (χ3n) is 8.78. The molecular weight excluding hydrogens is 678 g/mol. The molecule has 2 aromatic carbocycles. The highest BCUT2D eigenvalue weighted by Crippen LogP contribution is 2.47. The molecule has 2 aromatic rings. The van der Waals surface area contributed by atoms with Gasteiger partial charge in [-0.25, -0.2) is 19.2 Å². The number of likely N-dealkylation sites (tertiary alicyclic amines) is 1. The zero-order valence-corrected chi connectivity index (χ0v) is 28.8. The average molecular weight is 724 g/mol. The van der Waals surface area contributed by atoms with Gasteiger partial charge in [-0.15, -0.1) is 0 Å². The summed E-state index contributed by atoms with van der Waals surface area (Å²) in [5, 5.41) is 31.2. The Bertz CT molecular complexity index is 1500. The fourth-order valence-electron chi connectivity index (χ4n) is 6.33. The van der Waals surface area contributed by atoms with Crippen LogP contribution in [-0.2, 0) is 45.8 Å². The maximum Gasteiger partial charge on any atom is 0.328 e. The van der Waals surface area contributed by atoms with Crippen molar-refractivity contribution in [3.63, 3.8) is 0 Å². The molecule has 4 heterocycles. The largest absolute Gasteiger partial charge is 0.488 e. The maximum atomic E-state index is 12.8. The van der Waals surface area contributed by atoms with Gasteiger partial charge >= 0.3 is 23.9 Å². The molecule has 3 fully saturated rings. The molecule has 0 bridgehead atoms. The van der Waals surface area contributed by atoms with Gasteiger partial charge in [0.2, 0.25) is 11.7 Å². The second kappa shape index (κ2) is 19.5. The van der Waals surface area contributed by atoms with Crippen molar-refractivity contribution in [2.45, 2.75) is 44.2 Å². The Kier molecular flexibility index (Phi) is 14.9. The topological polar surface area (TPSA) is 204 Å². The lowest BCUT2D eigenvalue weighted by Crippen LogP contribution is -2.51. The Balaban J connectivity index is 0.000000317. The summed E-state index contributed by atoms with van der Waals surface area (Å²) < 4.78 is 19.5. The number of carboxylic acid groups (broad SMARTS) is 4. The van der Waals surface area contributed by atoms with Gasteiger partial charge in [0.25, 0.3) is 0 Å². The zero-order valence-electron chi connectivity index (χ0n) is 28.8. The average Bonchev–Trinajstić information content (AvgIpc) is 3.28. The fourth-order valence-corrected chi connectivity index (χ4v) is 6.33. The predicted octanol–water partition coefficient (Wildman–Crippen LogP) is 2.64. The van der Waals surface area contributed by atoms with E-state index >= 15 is 0 Å². The van der Waals surface area contributed by atoms with E-state index in [1.807, 2.05) is 30.3 Å². The molecule has 2 atom stereocenters. The predicted molar refractivity (Wildman–Crippen MR) is 186 cm³/mol. The van der Waals surface area contributed by atoms with Crippen molar-refractivity contribution in [1.29, 1.82) is 0 Å². The monoisotopic (exact) mass is 723 g/mol. The smallest absolute Gasteiger partial charge is 0.328 e. The molecule has 15 heteroatoms. The van der Waals surface area contributed by atoms with Crippen LogP contribution in [0.15, 0.2) is 72.8 Å². The Hall–Kier alpha value is -5.09. The summed E-state index contributed by atoms with van der Waals surface area (Å²) in [6.07, 6.45) is 6.99. The van der Waals surface area contributed by atoms with E-state index in [1.54, 1.807) is 0 Å². The van der Waals surface area contributed by atoms with Crippen molar-refractivity contribution in [1.82, 2.24) is 14.7 Å². The lowest BCUT2D eigenvalue weighted by molar-refractivity contribution is -0.145. The van der Waals surface area contributed by atoms with Gasteiger partial charge < -0.3 is 39.5 Å². The van der Waals surface area contributed by atoms with Crippen LogP contribution in [0.2, 0.25) is 0 Å². The number of aliphatic carboxylic acids is 4. The molecular formula is C37H45N3O12. The molecule has 3 saturated heterocycles. The van der Waals surface area contributed by atoms with Crippen molar-refractivity contribution in [2.75, 3.05) is 59.0 Å². The van der Waals surface area contributed by atoms with E-state index in [2.05, 4.69) is 32.9 Å². The molecule has 1 spiro atoms. The number of benzene rings is 2. The maximum absolute atomic E-state index is 12.8. The minimum atomic E-state index is -1.26. The first kappa shape index (κ1) is 39.7. The molecule has 4 N–H and O–H groups in total. The Morgan fingerprint density at radius 2 is 1.19 bits per heavy atom. The summed E-state index contributed by atoms with van der Waals surface area (Å²) in [4.78, 5) is 57.9. The third-order valence-corrected chi connectivity index (χ3v) is 8.78. The molecule has 0 aliphatic carbocycles. The number of para-hydroxylation sites is 1. The van der Waals surface area contributed by atoms with Gasteiger partial charge in [0.05, 0.1) is 24.8 Å². The number of carbonyl (C=O) groups excluding carboxylic acids is 1. The number of piperazine rings is 1. The first-order chi connectivity index (χ1) is 25.0. The van der Waals surface area contributed by atoms with Crippen molar-refractivity contribution in [3.8, 4) is 5.75 Å². The second-order valence-electron chi connectivity index (χ2n) is 12.5. The molecule has 52 heavy (non-hydrogen) atoms. The summed E-state index contributed by atoms with van der Waals surface area (Å²) in [6, 6.07) is 16.3. The molecule has 0 aromatic heterocycles. The number of carboxylic acids is 4. The molecule has 1 amide bonds. The van der Waals surface area contributed by atoms with Crippen molar-refractivity contribution in [3.05, 3.63) is 89.5 Å². The minimum absolute atomic E-state index is 0.0329. The van der Waals surface area contributed by atoms with Crippen molar-refractivity contribution in [2.24, 2.45) is 0 Å². The van der Waals surface area contributed by atoms with E-state index in [9.17, 15) is 24.0 Å². The summed E-state index contributed by atoms with van der Waals surface area (Å²) in [6.45, 7) is 7.98. The number of hydrogen-bond donors (Lipinski definition) is 4. The Morgan fingerprint density at radius 3 is 1.77 bits per heavy atom. The highest BCUT2D eigenvalue weighted by Gasteiger charge is 2.49. The van der Waals surface area contributed by atoms with E-state index in [0.29, 0.717) is 50.0 Å². The zero-order chi connectivity index (χ0) is 37.5. The number of ether oxygens (including phenoxy) is 3. The minimum Gasteiger partial charge on any atom is -0.488 e. The van der Waals surface area contributed by atoms with Gasteiger partial charge in [-0.2, -0.15) is 0 Å². The van der Waals surface area contributed by atoms with Crippen LogP contribution in [0.25, 0.3) is 0 Å². The van der Waals surface area contributed by atoms with Crippen LogP contribution in [0.3, 0.4) is 0 Å². The van der Waals surface area contributed by atoms with Gasteiger partial charge in [0, 0.05) is 75.7 Å². The first-order valence-electron chi connectivity index (χ1n) is 17.1. The summed E-state index contributed by atoms with van der Waals surface area (Å²) in [5.41, 5.74) is 3.07. The van der Waals surface area contributed by atoms with Crippen LogP contribution in [0.5, 0.6) is 5.75 Å². The highest BCUT2D eigenvalue weighted by molar-refractivity contribution is 5.90. The number of rotatable bonds is 8.